The fraction of sp³-hybridized carbons (Fsp3) is 0.273. The van der Waals surface area contributed by atoms with Crippen molar-refractivity contribution in [1.29, 1.82) is 0 Å². The molecule has 0 saturated heterocycles. The number of ether oxygens (including phenoxy) is 1. The molecule has 0 unspecified atom stereocenters. The van der Waals surface area contributed by atoms with Crippen molar-refractivity contribution in [3.63, 3.8) is 0 Å². The van der Waals surface area contributed by atoms with Crippen molar-refractivity contribution in [2.75, 3.05) is 13.7 Å². The predicted molar refractivity (Wildman–Crippen MR) is 108 cm³/mol. The number of benzene rings is 2. The summed E-state index contributed by atoms with van der Waals surface area (Å²) >= 11 is 1.61. The van der Waals surface area contributed by atoms with Crippen molar-refractivity contribution >= 4 is 17.2 Å². The van der Waals surface area contributed by atoms with Crippen molar-refractivity contribution in [1.82, 2.24) is 9.88 Å². The van der Waals surface area contributed by atoms with Gasteiger partial charge in [-0.3, -0.25) is 4.79 Å². The largest absolute Gasteiger partial charge is 0.497 e. The average molecular weight is 378 g/mol. The lowest BCUT2D eigenvalue weighted by atomic mass is 9.99. The van der Waals surface area contributed by atoms with Crippen LogP contribution in [0.25, 0.3) is 10.6 Å². The number of aromatic nitrogens is 1. The number of rotatable bonds is 5. The number of methoxy groups -OCH3 is 1. The summed E-state index contributed by atoms with van der Waals surface area (Å²) in [5.74, 6) is 1.03. The van der Waals surface area contributed by atoms with Gasteiger partial charge in [0.25, 0.3) is 0 Å². The highest BCUT2D eigenvalue weighted by molar-refractivity contribution is 7.13. The third-order valence-electron chi connectivity index (χ3n) is 4.95. The first-order valence-electron chi connectivity index (χ1n) is 9.16. The summed E-state index contributed by atoms with van der Waals surface area (Å²) in [6.45, 7) is 1.53. The molecular formula is C22H22N2O2S. The van der Waals surface area contributed by atoms with Crippen LogP contribution in [0.4, 0.5) is 0 Å². The lowest BCUT2D eigenvalue weighted by molar-refractivity contribution is -0.132. The smallest absolute Gasteiger partial charge is 0.223 e. The maximum absolute atomic E-state index is 12.6. The van der Waals surface area contributed by atoms with Crippen molar-refractivity contribution in [3.8, 4) is 16.3 Å². The zero-order chi connectivity index (χ0) is 18.6. The second-order valence-electron chi connectivity index (χ2n) is 6.71. The molecule has 1 aromatic heterocycles. The summed E-state index contributed by atoms with van der Waals surface area (Å²) in [6.07, 6.45) is 2.12. The van der Waals surface area contributed by atoms with Crippen LogP contribution >= 0.6 is 11.3 Å². The lowest BCUT2D eigenvalue weighted by Crippen LogP contribution is -2.36. The Labute approximate surface area is 163 Å². The van der Waals surface area contributed by atoms with Gasteiger partial charge in [0, 0.05) is 30.5 Å². The van der Waals surface area contributed by atoms with Crippen LogP contribution in [0, 0.1) is 0 Å². The normalized spacial score (nSPS) is 13.3. The van der Waals surface area contributed by atoms with Crippen LogP contribution in [0.5, 0.6) is 5.75 Å². The van der Waals surface area contributed by atoms with Crippen LogP contribution in [0.1, 0.15) is 23.2 Å². The Bertz CT molecular complexity index is 951. The summed E-state index contributed by atoms with van der Waals surface area (Å²) in [5.41, 5.74) is 4.66. The monoisotopic (exact) mass is 378 g/mol. The van der Waals surface area contributed by atoms with Crippen LogP contribution in [0.15, 0.2) is 53.9 Å². The zero-order valence-electron chi connectivity index (χ0n) is 15.4. The molecule has 0 fully saturated rings. The van der Waals surface area contributed by atoms with Crippen molar-refractivity contribution in [2.45, 2.75) is 25.8 Å². The zero-order valence-corrected chi connectivity index (χ0v) is 16.2. The first-order chi connectivity index (χ1) is 13.2. The fourth-order valence-corrected chi connectivity index (χ4v) is 4.26. The number of hydrogen-bond acceptors (Lipinski definition) is 4. The van der Waals surface area contributed by atoms with Gasteiger partial charge in [0.1, 0.15) is 10.8 Å². The molecule has 0 N–H and O–H groups in total. The molecule has 4 rings (SSSR count). The SMILES string of the molecule is COc1cccc(-c2nc(CCC(=O)N3CCc4ccccc4C3)cs2)c1. The number of carbonyl (C=O) groups is 1. The van der Waals surface area contributed by atoms with Crippen molar-refractivity contribution < 1.29 is 9.53 Å². The van der Waals surface area contributed by atoms with E-state index in [4.69, 9.17) is 9.72 Å². The minimum absolute atomic E-state index is 0.209. The number of hydrogen-bond donors (Lipinski definition) is 0. The first-order valence-corrected chi connectivity index (χ1v) is 10.0. The van der Waals surface area contributed by atoms with Crippen molar-refractivity contribution in [2.24, 2.45) is 0 Å². The molecule has 0 aliphatic carbocycles. The fourth-order valence-electron chi connectivity index (χ4n) is 3.41. The average Bonchev–Trinajstić information content (AvgIpc) is 3.21. The molecule has 0 spiro atoms. The number of aryl methyl sites for hydroxylation is 1. The minimum Gasteiger partial charge on any atom is -0.497 e. The van der Waals surface area contributed by atoms with Gasteiger partial charge in [0.2, 0.25) is 5.91 Å². The summed E-state index contributed by atoms with van der Waals surface area (Å²) < 4.78 is 5.28. The number of thiazole rings is 1. The first kappa shape index (κ1) is 17.7. The third kappa shape index (κ3) is 4.03. The minimum atomic E-state index is 0.209. The highest BCUT2D eigenvalue weighted by atomic mass is 32.1. The number of nitrogens with zero attached hydrogens (tertiary/aromatic N) is 2. The Balaban J connectivity index is 1.37. The molecule has 0 saturated carbocycles. The summed E-state index contributed by atoms with van der Waals surface area (Å²) in [6, 6.07) is 16.3. The van der Waals surface area contributed by atoms with E-state index in [1.165, 1.54) is 11.1 Å². The van der Waals surface area contributed by atoms with Gasteiger partial charge in [-0.15, -0.1) is 11.3 Å². The maximum atomic E-state index is 12.6. The number of amides is 1. The van der Waals surface area contributed by atoms with Crippen LogP contribution in [0.3, 0.4) is 0 Å². The summed E-state index contributed by atoms with van der Waals surface area (Å²) in [7, 11) is 1.66. The van der Waals surface area contributed by atoms with Gasteiger partial charge in [-0.25, -0.2) is 4.98 Å². The molecule has 1 aliphatic rings. The molecule has 0 atom stereocenters. The Morgan fingerprint density at radius 1 is 1.19 bits per heavy atom. The number of carbonyl (C=O) groups excluding carboxylic acids is 1. The number of fused-ring (bicyclic) bond motifs is 1. The molecule has 2 aromatic carbocycles. The van der Waals surface area contributed by atoms with E-state index in [-0.39, 0.29) is 5.91 Å². The Morgan fingerprint density at radius 2 is 2.04 bits per heavy atom. The van der Waals surface area contributed by atoms with E-state index in [2.05, 4.69) is 18.2 Å². The van der Waals surface area contributed by atoms with E-state index in [1.54, 1.807) is 18.4 Å². The van der Waals surface area contributed by atoms with Crippen molar-refractivity contribution in [3.05, 3.63) is 70.7 Å². The van der Waals surface area contributed by atoms with Crippen LogP contribution in [-0.2, 0) is 24.2 Å². The Kier molecular flexibility index (Phi) is 5.21. The van der Waals surface area contributed by atoms with E-state index in [0.29, 0.717) is 12.8 Å². The van der Waals surface area contributed by atoms with E-state index in [1.807, 2.05) is 40.6 Å². The maximum Gasteiger partial charge on any atom is 0.223 e. The predicted octanol–water partition coefficient (Wildman–Crippen LogP) is 4.34. The summed E-state index contributed by atoms with van der Waals surface area (Å²) in [4.78, 5) is 19.3. The van der Waals surface area contributed by atoms with E-state index < -0.39 is 0 Å². The Hall–Kier alpha value is -2.66. The molecular weight excluding hydrogens is 356 g/mol. The van der Waals surface area contributed by atoms with Gasteiger partial charge in [0.05, 0.1) is 12.8 Å². The highest BCUT2D eigenvalue weighted by Gasteiger charge is 2.20. The molecule has 0 radical (unpaired) electrons. The Morgan fingerprint density at radius 3 is 2.89 bits per heavy atom. The van der Waals surface area contributed by atoms with Crippen LogP contribution < -0.4 is 4.74 Å². The standard InChI is InChI=1S/C22H22N2O2S/c1-26-20-8-4-7-17(13-20)22-23-19(15-27-22)9-10-21(25)24-12-11-16-5-2-3-6-18(16)14-24/h2-8,13,15H,9-12,14H2,1H3. The molecule has 3 aromatic rings. The van der Waals surface area contributed by atoms with Gasteiger partial charge in [-0.1, -0.05) is 36.4 Å². The summed E-state index contributed by atoms with van der Waals surface area (Å²) in [5, 5.41) is 3.01. The van der Waals surface area contributed by atoms with Gasteiger partial charge in [0.15, 0.2) is 0 Å². The van der Waals surface area contributed by atoms with Gasteiger partial charge in [-0.2, -0.15) is 0 Å². The van der Waals surface area contributed by atoms with E-state index in [0.717, 1.165) is 41.5 Å². The molecule has 2 heterocycles. The molecule has 138 valence electrons. The highest BCUT2D eigenvalue weighted by Crippen LogP contribution is 2.27. The van der Waals surface area contributed by atoms with E-state index in [9.17, 15) is 4.79 Å². The molecule has 1 amide bonds. The topological polar surface area (TPSA) is 42.4 Å². The van der Waals surface area contributed by atoms with Crippen LogP contribution in [-0.4, -0.2) is 29.4 Å². The van der Waals surface area contributed by atoms with Crippen LogP contribution in [0.2, 0.25) is 0 Å². The second-order valence-corrected chi connectivity index (χ2v) is 7.57. The van der Waals surface area contributed by atoms with Gasteiger partial charge in [-0.05, 0) is 36.1 Å². The van der Waals surface area contributed by atoms with Gasteiger partial charge >= 0.3 is 0 Å². The molecule has 1 aliphatic heterocycles. The molecule has 27 heavy (non-hydrogen) atoms. The molecule has 5 heteroatoms. The molecule has 4 nitrogen and oxygen atoms in total. The van der Waals surface area contributed by atoms with E-state index >= 15 is 0 Å². The lowest BCUT2D eigenvalue weighted by Gasteiger charge is -2.28. The molecule has 0 bridgehead atoms. The quantitative estimate of drug-likeness (QED) is 0.663. The van der Waals surface area contributed by atoms with Gasteiger partial charge < -0.3 is 9.64 Å². The second kappa shape index (κ2) is 7.92. The third-order valence-corrected chi connectivity index (χ3v) is 5.89.